The zero-order valence-corrected chi connectivity index (χ0v) is 11.7. The van der Waals surface area contributed by atoms with Gasteiger partial charge in [0.1, 0.15) is 0 Å². The smallest absolute Gasteiger partial charge is 0.336 e. The third-order valence-corrected chi connectivity index (χ3v) is 3.41. The maximum absolute atomic E-state index is 13.4. The fourth-order valence-corrected chi connectivity index (χ4v) is 2.28. The van der Waals surface area contributed by atoms with Crippen LogP contribution in [0.3, 0.4) is 0 Å². The summed E-state index contributed by atoms with van der Waals surface area (Å²) in [6.45, 7) is 4.35. The van der Waals surface area contributed by atoms with Gasteiger partial charge in [-0.1, -0.05) is 0 Å². The number of morpholine rings is 1. The van der Waals surface area contributed by atoms with Crippen molar-refractivity contribution in [3.63, 3.8) is 0 Å². The van der Waals surface area contributed by atoms with Crippen molar-refractivity contribution in [1.29, 1.82) is 0 Å². The molecule has 0 bridgehead atoms. The number of nitrogens with zero attached hydrogens (tertiary/aromatic N) is 1. The van der Waals surface area contributed by atoms with Crippen molar-refractivity contribution in [2.45, 2.75) is 19.4 Å². The molecule has 1 aromatic carbocycles. The topological polar surface area (TPSA) is 66.8 Å². The molecule has 1 aromatic rings. The Balaban J connectivity index is 2.47. The molecule has 1 heterocycles. The molecule has 114 valence electrons. The van der Waals surface area contributed by atoms with Crippen molar-refractivity contribution in [3.8, 4) is 0 Å². The molecule has 2 rings (SSSR count). The zero-order chi connectivity index (χ0) is 15.8. The van der Waals surface area contributed by atoms with Gasteiger partial charge in [0.25, 0.3) is 5.91 Å². The molecule has 0 saturated carbocycles. The Labute approximate surface area is 120 Å². The molecule has 0 aromatic heterocycles. The highest BCUT2D eigenvalue weighted by atomic mass is 19.2. The molecular formula is C14H15F2NO4. The predicted molar refractivity (Wildman–Crippen MR) is 69.3 cm³/mol. The van der Waals surface area contributed by atoms with Gasteiger partial charge in [0.2, 0.25) is 0 Å². The number of carboxylic acids is 1. The summed E-state index contributed by atoms with van der Waals surface area (Å²) in [5.74, 6) is -4.69. The lowest BCUT2D eigenvalue weighted by molar-refractivity contribution is -0.0371. The minimum atomic E-state index is -1.48. The zero-order valence-electron chi connectivity index (χ0n) is 11.7. The SMILES string of the molecule is CC1(C)COCCN1C(=O)c1cc(F)c(F)cc1C(=O)O. The van der Waals surface area contributed by atoms with Crippen LogP contribution in [0.2, 0.25) is 0 Å². The molecule has 1 aliphatic rings. The number of halogens is 2. The lowest BCUT2D eigenvalue weighted by atomic mass is 9.98. The summed E-state index contributed by atoms with van der Waals surface area (Å²) < 4.78 is 31.9. The van der Waals surface area contributed by atoms with E-state index in [0.29, 0.717) is 18.7 Å². The summed E-state index contributed by atoms with van der Waals surface area (Å²) in [5, 5.41) is 9.07. The van der Waals surface area contributed by atoms with Crippen molar-refractivity contribution < 1.29 is 28.2 Å². The molecule has 5 nitrogen and oxygen atoms in total. The number of rotatable bonds is 2. The van der Waals surface area contributed by atoms with Gasteiger partial charge in [0, 0.05) is 6.54 Å². The molecule has 0 atom stereocenters. The van der Waals surface area contributed by atoms with E-state index < -0.39 is 34.6 Å². The first kappa shape index (κ1) is 15.4. The highest BCUT2D eigenvalue weighted by Crippen LogP contribution is 2.24. The van der Waals surface area contributed by atoms with Crippen LogP contribution in [-0.2, 0) is 4.74 Å². The Morgan fingerprint density at radius 3 is 2.33 bits per heavy atom. The first-order valence-electron chi connectivity index (χ1n) is 6.36. The third kappa shape index (κ3) is 2.87. The number of carboxylic acid groups (broad SMARTS) is 1. The third-order valence-electron chi connectivity index (χ3n) is 3.41. The first-order valence-corrected chi connectivity index (χ1v) is 6.36. The van der Waals surface area contributed by atoms with Crippen LogP contribution in [0.5, 0.6) is 0 Å². The number of carbonyl (C=O) groups excluding carboxylic acids is 1. The number of amides is 1. The fraction of sp³-hybridized carbons (Fsp3) is 0.429. The van der Waals surface area contributed by atoms with Crippen molar-refractivity contribution in [1.82, 2.24) is 4.90 Å². The number of aromatic carboxylic acids is 1. The standard InChI is InChI=1S/C14H15F2NO4/c1-14(2)7-21-4-3-17(14)12(18)8-5-10(15)11(16)6-9(8)13(19)20/h5-6H,3-4,7H2,1-2H3,(H,19,20). The van der Waals surface area contributed by atoms with Crippen LogP contribution in [0.1, 0.15) is 34.6 Å². The number of carbonyl (C=O) groups is 2. The largest absolute Gasteiger partial charge is 0.478 e. The second kappa shape index (κ2) is 5.40. The van der Waals surface area contributed by atoms with Crippen molar-refractivity contribution in [2.75, 3.05) is 19.8 Å². The van der Waals surface area contributed by atoms with E-state index >= 15 is 0 Å². The maximum atomic E-state index is 13.4. The molecule has 0 spiro atoms. The van der Waals surface area contributed by atoms with Crippen LogP contribution in [0.15, 0.2) is 12.1 Å². The Kier molecular flexibility index (Phi) is 3.95. The summed E-state index contributed by atoms with van der Waals surface area (Å²) in [7, 11) is 0. The summed E-state index contributed by atoms with van der Waals surface area (Å²) in [6.07, 6.45) is 0. The molecular weight excluding hydrogens is 284 g/mol. The lowest BCUT2D eigenvalue weighted by Crippen LogP contribution is -2.55. The Hall–Kier alpha value is -2.02. The van der Waals surface area contributed by atoms with Gasteiger partial charge in [0.15, 0.2) is 11.6 Å². The minimum absolute atomic E-state index is 0.254. The van der Waals surface area contributed by atoms with E-state index in [1.165, 1.54) is 4.90 Å². The van der Waals surface area contributed by atoms with E-state index in [1.807, 2.05) is 0 Å². The van der Waals surface area contributed by atoms with Crippen LogP contribution in [0.25, 0.3) is 0 Å². The molecule has 0 unspecified atom stereocenters. The van der Waals surface area contributed by atoms with Gasteiger partial charge < -0.3 is 14.7 Å². The van der Waals surface area contributed by atoms with Crippen LogP contribution < -0.4 is 0 Å². The molecule has 1 fully saturated rings. The van der Waals surface area contributed by atoms with Gasteiger partial charge in [-0.2, -0.15) is 0 Å². The molecule has 21 heavy (non-hydrogen) atoms. The summed E-state index contributed by atoms with van der Waals surface area (Å²) in [6, 6.07) is 1.16. The predicted octanol–water partition coefficient (Wildman–Crippen LogP) is 1.91. The monoisotopic (exact) mass is 299 g/mol. The van der Waals surface area contributed by atoms with E-state index in [4.69, 9.17) is 9.84 Å². The average Bonchev–Trinajstić information content (AvgIpc) is 2.40. The Bertz CT molecular complexity index is 601. The van der Waals surface area contributed by atoms with Gasteiger partial charge in [-0.25, -0.2) is 13.6 Å². The van der Waals surface area contributed by atoms with Gasteiger partial charge in [-0.05, 0) is 26.0 Å². The van der Waals surface area contributed by atoms with E-state index in [2.05, 4.69) is 0 Å². The van der Waals surface area contributed by atoms with Gasteiger partial charge in [-0.15, -0.1) is 0 Å². The van der Waals surface area contributed by atoms with Crippen molar-refractivity contribution in [2.24, 2.45) is 0 Å². The van der Waals surface area contributed by atoms with Gasteiger partial charge >= 0.3 is 5.97 Å². The van der Waals surface area contributed by atoms with E-state index in [0.717, 1.165) is 0 Å². The summed E-state index contributed by atoms with van der Waals surface area (Å²) in [5.41, 5.74) is -1.58. The summed E-state index contributed by atoms with van der Waals surface area (Å²) in [4.78, 5) is 25.1. The number of hydrogen-bond donors (Lipinski definition) is 1. The molecule has 1 saturated heterocycles. The van der Waals surface area contributed by atoms with Crippen LogP contribution >= 0.6 is 0 Å². The number of hydrogen-bond acceptors (Lipinski definition) is 3. The normalized spacial score (nSPS) is 17.6. The van der Waals surface area contributed by atoms with Gasteiger partial charge in [0.05, 0.1) is 29.9 Å². The van der Waals surface area contributed by atoms with Crippen LogP contribution in [0.4, 0.5) is 8.78 Å². The highest BCUT2D eigenvalue weighted by molar-refractivity contribution is 6.05. The van der Waals surface area contributed by atoms with Crippen molar-refractivity contribution >= 4 is 11.9 Å². The quantitative estimate of drug-likeness (QED) is 0.906. The number of benzene rings is 1. The number of ether oxygens (including phenoxy) is 1. The van der Waals surface area contributed by atoms with Crippen LogP contribution in [-0.4, -0.2) is 47.2 Å². The van der Waals surface area contributed by atoms with E-state index in [-0.39, 0.29) is 18.7 Å². The molecule has 1 aliphatic heterocycles. The second-order valence-corrected chi connectivity index (χ2v) is 5.44. The second-order valence-electron chi connectivity index (χ2n) is 5.44. The molecule has 1 N–H and O–H groups in total. The fourth-order valence-electron chi connectivity index (χ4n) is 2.28. The Morgan fingerprint density at radius 2 is 1.81 bits per heavy atom. The van der Waals surface area contributed by atoms with E-state index in [1.54, 1.807) is 13.8 Å². The molecule has 0 aliphatic carbocycles. The lowest BCUT2D eigenvalue weighted by Gasteiger charge is -2.42. The minimum Gasteiger partial charge on any atom is -0.478 e. The summed E-state index contributed by atoms with van der Waals surface area (Å²) >= 11 is 0. The molecule has 0 radical (unpaired) electrons. The Morgan fingerprint density at radius 1 is 1.24 bits per heavy atom. The first-order chi connectivity index (χ1) is 9.74. The highest BCUT2D eigenvalue weighted by Gasteiger charge is 2.36. The molecule has 1 amide bonds. The van der Waals surface area contributed by atoms with E-state index in [9.17, 15) is 18.4 Å². The van der Waals surface area contributed by atoms with Crippen LogP contribution in [0, 0.1) is 11.6 Å². The van der Waals surface area contributed by atoms with Gasteiger partial charge in [-0.3, -0.25) is 4.79 Å². The molecule has 7 heteroatoms. The average molecular weight is 299 g/mol. The van der Waals surface area contributed by atoms with Crippen molar-refractivity contribution in [3.05, 3.63) is 34.9 Å². The maximum Gasteiger partial charge on any atom is 0.336 e.